The fourth-order valence-electron chi connectivity index (χ4n) is 4.00. The van der Waals surface area contributed by atoms with Crippen LogP contribution in [0.4, 0.5) is 22.7 Å². The molecule has 14 heteroatoms. The molecule has 0 radical (unpaired) electrons. The molecule has 5 aromatic carbocycles. The van der Waals surface area contributed by atoms with Gasteiger partial charge in [-0.05, 0) is 47.2 Å². The van der Waals surface area contributed by atoms with Gasteiger partial charge in [-0.2, -0.15) is 10.2 Å². The summed E-state index contributed by atoms with van der Waals surface area (Å²) in [6.07, 6.45) is 0. The summed E-state index contributed by atoms with van der Waals surface area (Å²) in [4.78, 5) is 10.7. The molecule has 0 bridgehead atoms. The Hall–Kier alpha value is -3.20. The van der Waals surface area contributed by atoms with Crippen LogP contribution in [0.15, 0.2) is 110 Å². The predicted molar refractivity (Wildman–Crippen MR) is 139 cm³/mol. The van der Waals surface area contributed by atoms with Crippen molar-refractivity contribution in [2.75, 3.05) is 0 Å². The van der Waals surface area contributed by atoms with Crippen LogP contribution in [0, 0.1) is 0 Å². The van der Waals surface area contributed by atoms with Gasteiger partial charge in [0.2, 0.25) is 0 Å². The van der Waals surface area contributed by atoms with Gasteiger partial charge < -0.3 is 19.9 Å². The van der Waals surface area contributed by atoms with Crippen LogP contribution in [0.1, 0.15) is 10.4 Å². The quantitative estimate of drug-likeness (QED) is 0.162. The number of carbonyl (C=O) groups is 1. The Morgan fingerprint density at radius 3 is 1.76 bits per heavy atom. The normalized spacial score (nSPS) is 11.5. The molecule has 2 N–H and O–H groups in total. The van der Waals surface area contributed by atoms with Gasteiger partial charge in [0.15, 0.2) is 0 Å². The minimum atomic E-state index is -4.89. The van der Waals surface area contributed by atoms with Gasteiger partial charge in [-0.15, -0.1) is 10.2 Å². The first-order valence-corrected chi connectivity index (χ1v) is 12.6. The Morgan fingerprint density at radius 2 is 1.20 bits per heavy atom. The van der Waals surface area contributed by atoms with Gasteiger partial charge in [-0.3, -0.25) is 0 Å². The van der Waals surface area contributed by atoms with Crippen LogP contribution in [0.5, 0.6) is 11.5 Å². The number of fused-ring (bicyclic) bond motifs is 2. The number of carboxylic acid groups (broad SMARTS) is 1. The van der Waals surface area contributed by atoms with Crippen LogP contribution in [-0.4, -0.2) is 29.2 Å². The molecule has 0 heterocycles. The summed E-state index contributed by atoms with van der Waals surface area (Å²) in [6.45, 7) is 0. The molecule has 0 unspecified atom stereocenters. The van der Waals surface area contributed by atoms with E-state index in [9.17, 15) is 33.1 Å². The molecule has 11 nitrogen and oxygen atoms in total. The number of hydrogen-bond donors (Lipinski definition) is 2. The Bertz CT molecular complexity index is 1970. The minimum absolute atomic E-state index is 0. The average molecular weight is 586 g/mol. The number of aromatic hydroxyl groups is 1. The number of phenols is 1. The molecule has 0 spiro atoms. The van der Waals surface area contributed by atoms with Crippen molar-refractivity contribution in [3.8, 4) is 11.5 Å². The third-order valence-corrected chi connectivity index (χ3v) is 6.71. The summed E-state index contributed by atoms with van der Waals surface area (Å²) in [5.41, 5.74) is 0.344. The number of carboxylic acids is 1. The summed E-state index contributed by atoms with van der Waals surface area (Å²) < 4.78 is 35.5. The second kappa shape index (κ2) is 13.2. The molecule has 0 saturated heterocycles. The zero-order chi connectivity index (χ0) is 27.7. The Kier molecular flexibility index (Phi) is 10.4. The van der Waals surface area contributed by atoms with E-state index in [0.29, 0.717) is 22.1 Å². The van der Waals surface area contributed by atoms with Crippen LogP contribution in [-0.2, 0) is 10.1 Å². The summed E-state index contributed by atoms with van der Waals surface area (Å²) >= 11 is 0. The predicted octanol–water partition coefficient (Wildman–Crippen LogP) is 0.213. The number of azo groups is 2. The molecule has 194 valence electrons. The van der Waals surface area contributed by atoms with Crippen LogP contribution in [0.25, 0.3) is 21.5 Å². The molecule has 0 aliphatic heterocycles. The van der Waals surface area contributed by atoms with Gasteiger partial charge in [0, 0.05) is 10.8 Å². The van der Waals surface area contributed by atoms with E-state index in [0.717, 1.165) is 6.07 Å². The molecule has 5 rings (SSSR count). The van der Waals surface area contributed by atoms with E-state index in [2.05, 4.69) is 20.5 Å². The van der Waals surface area contributed by atoms with Crippen molar-refractivity contribution in [1.29, 1.82) is 0 Å². The maximum atomic E-state index is 12.9. The average Bonchev–Trinajstić information content (AvgIpc) is 2.92. The van der Waals surface area contributed by atoms with Crippen molar-refractivity contribution in [1.82, 2.24) is 0 Å². The van der Waals surface area contributed by atoms with Crippen LogP contribution in [0.3, 0.4) is 0 Å². The molecule has 0 aliphatic rings. The van der Waals surface area contributed by atoms with Gasteiger partial charge in [-0.1, -0.05) is 54.3 Å². The molecule has 5 aromatic rings. The fourth-order valence-corrected chi connectivity index (χ4v) is 4.70. The zero-order valence-corrected chi connectivity index (χ0v) is 26.5. The first-order chi connectivity index (χ1) is 18.6. The van der Waals surface area contributed by atoms with E-state index in [1.54, 1.807) is 42.5 Å². The first-order valence-electron chi connectivity index (χ1n) is 11.2. The van der Waals surface area contributed by atoms with Crippen molar-refractivity contribution in [3.05, 3.63) is 90.5 Å². The zero-order valence-electron chi connectivity index (χ0n) is 21.7. The minimum Gasteiger partial charge on any atom is -0.871 e. The number of nitrogens with zero attached hydrogens (tertiary/aromatic N) is 4. The van der Waals surface area contributed by atoms with Crippen molar-refractivity contribution in [2.24, 2.45) is 20.5 Å². The maximum Gasteiger partial charge on any atom is 1.00 e. The summed E-state index contributed by atoms with van der Waals surface area (Å²) in [6, 6.07) is 20.7. The van der Waals surface area contributed by atoms with E-state index in [1.807, 2.05) is 0 Å². The maximum absolute atomic E-state index is 12.9. The Balaban J connectivity index is 0.00000231. The third kappa shape index (κ3) is 6.83. The first kappa shape index (κ1) is 32.3. The largest absolute Gasteiger partial charge is 1.00 e. The van der Waals surface area contributed by atoms with Crippen molar-refractivity contribution in [2.45, 2.75) is 4.90 Å². The van der Waals surface area contributed by atoms with Gasteiger partial charge in [-0.25, -0.2) is 13.2 Å². The monoisotopic (exact) mass is 586 g/mol. The van der Waals surface area contributed by atoms with Crippen LogP contribution >= 0.6 is 0 Å². The number of benzene rings is 5. The van der Waals surface area contributed by atoms with Crippen molar-refractivity contribution in [3.63, 3.8) is 0 Å². The van der Waals surface area contributed by atoms with Crippen molar-refractivity contribution >= 4 is 60.4 Å². The van der Waals surface area contributed by atoms with E-state index in [1.165, 1.54) is 36.4 Å². The summed E-state index contributed by atoms with van der Waals surface area (Å²) in [5.74, 6) is -2.28. The van der Waals surface area contributed by atoms with Gasteiger partial charge in [0.1, 0.15) is 21.4 Å². The van der Waals surface area contributed by atoms with Gasteiger partial charge in [0.05, 0.1) is 27.6 Å². The van der Waals surface area contributed by atoms with Gasteiger partial charge >= 0.3 is 65.1 Å². The van der Waals surface area contributed by atoms with E-state index in [-0.39, 0.29) is 86.8 Å². The molecule has 0 atom stereocenters. The van der Waals surface area contributed by atoms with Crippen LogP contribution < -0.4 is 64.2 Å². The Morgan fingerprint density at radius 1 is 0.683 bits per heavy atom. The second-order valence-electron chi connectivity index (χ2n) is 8.28. The SMILES string of the molecule is O=C(O)c1cc(N=Nc2ccc(N=Nc3cc(S(=O)(=O)[O-])c4ccccc4c3[O-])c3ccccc23)ccc1O.[Na+].[Na+]. The van der Waals surface area contributed by atoms with Gasteiger partial charge in [0.25, 0.3) is 0 Å². The van der Waals surface area contributed by atoms with E-state index >= 15 is 0 Å². The van der Waals surface area contributed by atoms with Crippen LogP contribution in [0.2, 0.25) is 0 Å². The second-order valence-corrected chi connectivity index (χ2v) is 9.63. The van der Waals surface area contributed by atoms with E-state index in [4.69, 9.17) is 0 Å². The molecule has 0 saturated carbocycles. The molecule has 0 fully saturated rings. The standard InChI is InChI=1S/C27H18N4O7S.2Na/c32-24-12-9-15(13-20(24)27(34)35)28-29-21-10-11-22(17-6-2-1-5-16(17)21)30-31-23-14-25(39(36,37)38)18-7-3-4-8-19(18)26(23)33;;/h1-14,32-33H,(H,34,35)(H,36,37,38);;/q;2*+1/p-2. The van der Waals surface area contributed by atoms with E-state index < -0.39 is 32.5 Å². The topological polar surface area (TPSA) is 187 Å². The molecular formula is C27H16N4Na2O7S. The Labute approximate surface area is 277 Å². The summed E-state index contributed by atoms with van der Waals surface area (Å²) in [7, 11) is -4.89. The molecule has 0 aliphatic carbocycles. The smallest absolute Gasteiger partial charge is 0.871 e. The molecule has 41 heavy (non-hydrogen) atoms. The van der Waals surface area contributed by atoms with Crippen molar-refractivity contribution < 1.29 is 92.2 Å². The molecular weight excluding hydrogens is 570 g/mol. The number of rotatable bonds is 6. The third-order valence-electron chi connectivity index (χ3n) is 5.83. The molecule has 0 amide bonds. The fraction of sp³-hybridized carbons (Fsp3) is 0. The summed E-state index contributed by atoms with van der Waals surface area (Å²) in [5, 5.41) is 49.5. The number of hydrogen-bond acceptors (Lipinski definition) is 10. The number of aromatic carboxylic acids is 1. The molecule has 0 aromatic heterocycles.